The number of benzene rings is 3. The second-order valence-corrected chi connectivity index (χ2v) is 10.9. The van der Waals surface area contributed by atoms with Gasteiger partial charge in [-0.05, 0) is 54.3 Å². The molecule has 4 aliphatic rings. The van der Waals surface area contributed by atoms with Crippen LogP contribution in [0.4, 0.5) is 0 Å². The Morgan fingerprint density at radius 2 is 1.38 bits per heavy atom. The lowest BCUT2D eigenvalue weighted by Gasteiger charge is -2.46. The van der Waals surface area contributed by atoms with E-state index in [0.717, 1.165) is 12.1 Å². The van der Waals surface area contributed by atoms with Crippen molar-refractivity contribution in [3.63, 3.8) is 0 Å². The first-order valence-electron chi connectivity index (χ1n) is 12.6. The molecule has 3 aliphatic carbocycles. The number of carbonyl (C=O) groups excluding carboxylic acids is 3. The number of fused-ring (bicyclic) bond motifs is 7. The first kappa shape index (κ1) is 24.4. The zero-order valence-electron chi connectivity index (χ0n) is 20.9. The molecule has 0 amide bonds. The zero-order valence-corrected chi connectivity index (χ0v) is 20.9. The van der Waals surface area contributed by atoms with Crippen molar-refractivity contribution in [3.8, 4) is 23.0 Å². The normalized spacial score (nSPS) is 27.5. The lowest BCUT2D eigenvalue weighted by atomic mass is 9.61. The predicted molar refractivity (Wildman–Crippen MR) is 136 cm³/mol. The van der Waals surface area contributed by atoms with Crippen molar-refractivity contribution >= 4 is 17.5 Å². The van der Waals surface area contributed by atoms with E-state index in [-0.39, 0.29) is 34.4 Å². The minimum absolute atomic E-state index is 0.0682. The largest absolute Gasteiger partial charge is 0.507 e. The van der Waals surface area contributed by atoms with Crippen molar-refractivity contribution < 1.29 is 49.8 Å². The maximum Gasteiger partial charge on any atom is 0.342 e. The van der Waals surface area contributed by atoms with Gasteiger partial charge in [-0.2, -0.15) is 0 Å². The number of aromatic hydroxyl groups is 4. The van der Waals surface area contributed by atoms with Crippen LogP contribution in [0.1, 0.15) is 76.5 Å². The molecule has 3 aromatic carbocycles. The fourth-order valence-electron chi connectivity index (χ4n) is 7.18. The third-order valence-corrected chi connectivity index (χ3v) is 8.76. The molecule has 0 saturated heterocycles. The van der Waals surface area contributed by atoms with Crippen LogP contribution in [0.5, 0.6) is 23.0 Å². The number of phenols is 4. The number of allylic oxidation sites excluding steroid dienone is 1. The van der Waals surface area contributed by atoms with Gasteiger partial charge in [0.05, 0.1) is 34.3 Å². The maximum absolute atomic E-state index is 13.9. The third kappa shape index (κ3) is 2.76. The van der Waals surface area contributed by atoms with E-state index in [0.29, 0.717) is 16.7 Å². The van der Waals surface area contributed by atoms with Crippen molar-refractivity contribution in [2.75, 3.05) is 0 Å². The van der Waals surface area contributed by atoms with Gasteiger partial charge in [0.2, 0.25) is 5.78 Å². The molecule has 6 N–H and O–H groups in total. The van der Waals surface area contributed by atoms with Crippen LogP contribution < -0.4 is 0 Å². The second kappa shape index (κ2) is 7.71. The topological polar surface area (TPSA) is 182 Å². The summed E-state index contributed by atoms with van der Waals surface area (Å²) >= 11 is 0. The van der Waals surface area contributed by atoms with Crippen LogP contribution in [0.3, 0.4) is 0 Å². The first-order chi connectivity index (χ1) is 19.0. The highest BCUT2D eigenvalue weighted by Gasteiger charge is 2.63. The van der Waals surface area contributed by atoms with Gasteiger partial charge in [0.25, 0.3) is 0 Å². The van der Waals surface area contributed by atoms with E-state index in [1.165, 1.54) is 18.2 Å². The summed E-state index contributed by atoms with van der Waals surface area (Å²) in [4.78, 5) is 40.4. The molecule has 202 valence electrons. The molecule has 0 fully saturated rings. The van der Waals surface area contributed by atoms with Crippen molar-refractivity contribution in [1.29, 1.82) is 0 Å². The molecule has 0 spiro atoms. The lowest BCUT2D eigenvalue weighted by Crippen LogP contribution is -2.51. The van der Waals surface area contributed by atoms with Crippen LogP contribution in [0.2, 0.25) is 0 Å². The van der Waals surface area contributed by atoms with E-state index in [2.05, 4.69) is 0 Å². The Kier molecular flexibility index (Phi) is 4.70. The van der Waals surface area contributed by atoms with E-state index >= 15 is 0 Å². The number of aryl methyl sites for hydroxylation is 1. The van der Waals surface area contributed by atoms with E-state index in [4.69, 9.17) is 4.74 Å². The van der Waals surface area contributed by atoms with Crippen LogP contribution in [0.15, 0.2) is 42.5 Å². The summed E-state index contributed by atoms with van der Waals surface area (Å²) in [7, 11) is 0. The molecule has 40 heavy (non-hydrogen) atoms. The van der Waals surface area contributed by atoms with Gasteiger partial charge < -0.3 is 35.4 Å². The fourth-order valence-corrected chi connectivity index (χ4v) is 7.18. The third-order valence-electron chi connectivity index (χ3n) is 8.76. The standard InChI is InChI=1S/C30H22O10/c1-10-6-12-20(17(34)7-10)29(39)40-28(12)30-9-11-8-18(35)23-24(19(11)13(30)2-3-16(33)27(30)38)26(37)22-15(32)5-4-14(31)21(22)25(23)36/h2-8,13,16,27-28,31-35,38H,9H2,1H3/t13-,16-,27?,28?,30-/m1/s1. The molecule has 10 heteroatoms. The van der Waals surface area contributed by atoms with Gasteiger partial charge in [-0.3, -0.25) is 9.59 Å². The quantitative estimate of drug-likeness (QED) is 0.119. The Labute approximate surface area is 226 Å². The molecule has 0 bridgehead atoms. The summed E-state index contributed by atoms with van der Waals surface area (Å²) in [6, 6.07) is 6.51. The molecule has 0 aromatic heterocycles. The van der Waals surface area contributed by atoms with Gasteiger partial charge in [-0.1, -0.05) is 18.2 Å². The van der Waals surface area contributed by atoms with Crippen molar-refractivity contribution in [1.82, 2.24) is 0 Å². The molecule has 0 radical (unpaired) electrons. The monoisotopic (exact) mass is 542 g/mol. The maximum atomic E-state index is 13.9. The number of esters is 1. The lowest BCUT2D eigenvalue weighted by molar-refractivity contribution is -0.118. The van der Waals surface area contributed by atoms with Gasteiger partial charge in [0.15, 0.2) is 5.78 Å². The average Bonchev–Trinajstić information content (AvgIpc) is 3.41. The summed E-state index contributed by atoms with van der Waals surface area (Å²) in [5.41, 5.74) is -1.43. The summed E-state index contributed by atoms with van der Waals surface area (Å²) in [6.45, 7) is 1.71. The van der Waals surface area contributed by atoms with Gasteiger partial charge >= 0.3 is 5.97 Å². The summed E-state index contributed by atoms with van der Waals surface area (Å²) in [5, 5.41) is 64.8. The van der Waals surface area contributed by atoms with Gasteiger partial charge in [0.1, 0.15) is 34.7 Å². The molecule has 1 aliphatic heterocycles. The smallest absolute Gasteiger partial charge is 0.342 e. The Morgan fingerprint density at radius 3 is 2.05 bits per heavy atom. The van der Waals surface area contributed by atoms with Crippen LogP contribution >= 0.6 is 0 Å². The van der Waals surface area contributed by atoms with E-state index < -0.39 is 75.6 Å². The molecule has 1 heterocycles. The number of carbonyl (C=O) groups is 3. The van der Waals surface area contributed by atoms with Crippen LogP contribution in [0.25, 0.3) is 0 Å². The molecule has 10 nitrogen and oxygen atoms in total. The highest BCUT2D eigenvalue weighted by atomic mass is 16.6. The van der Waals surface area contributed by atoms with Gasteiger partial charge in [-0.25, -0.2) is 4.79 Å². The minimum atomic E-state index is -1.53. The number of phenolic OH excluding ortho intramolecular Hbond substituents is 4. The average molecular weight is 542 g/mol. The first-order valence-corrected chi connectivity index (χ1v) is 12.6. The number of hydrogen-bond donors (Lipinski definition) is 6. The number of aliphatic hydroxyl groups excluding tert-OH is 2. The van der Waals surface area contributed by atoms with Crippen LogP contribution in [-0.4, -0.2) is 60.4 Å². The van der Waals surface area contributed by atoms with Gasteiger partial charge in [-0.15, -0.1) is 0 Å². The molecular weight excluding hydrogens is 520 g/mol. The molecule has 7 rings (SSSR count). The highest BCUT2D eigenvalue weighted by molar-refractivity contribution is 6.31. The van der Waals surface area contributed by atoms with Crippen molar-refractivity contribution in [3.05, 3.63) is 92.6 Å². The SMILES string of the molecule is Cc1cc(O)c2c(c1)C([C@]13Cc4cc(O)c5c(c4[C@H]1C=C[C@@H](O)C3O)C(=O)c1c(O)ccc(O)c1C5=O)OC2=O. The number of ketones is 2. The predicted octanol–water partition coefficient (Wildman–Crippen LogP) is 2.42. The van der Waals surface area contributed by atoms with Crippen LogP contribution in [0, 0.1) is 12.3 Å². The highest BCUT2D eigenvalue weighted by Crippen LogP contribution is 2.64. The van der Waals surface area contributed by atoms with Crippen LogP contribution in [-0.2, 0) is 11.2 Å². The Bertz CT molecular complexity index is 1770. The van der Waals surface area contributed by atoms with E-state index in [1.54, 1.807) is 19.1 Å². The Hall–Kier alpha value is -4.67. The zero-order chi connectivity index (χ0) is 28.4. The number of rotatable bonds is 1. The summed E-state index contributed by atoms with van der Waals surface area (Å²) in [6.07, 6.45) is -1.25. The van der Waals surface area contributed by atoms with E-state index in [1.807, 2.05) is 0 Å². The van der Waals surface area contributed by atoms with Crippen molar-refractivity contribution in [2.45, 2.75) is 37.6 Å². The number of cyclic esters (lactones) is 1. The molecule has 0 saturated carbocycles. The summed E-state index contributed by atoms with van der Waals surface area (Å²) in [5.74, 6) is -5.30. The number of hydrogen-bond acceptors (Lipinski definition) is 10. The fraction of sp³-hybridized carbons (Fsp3) is 0.233. The minimum Gasteiger partial charge on any atom is -0.507 e. The molecular formula is C30H22O10. The molecule has 5 atom stereocenters. The Balaban J connectivity index is 1.51. The van der Waals surface area contributed by atoms with Crippen molar-refractivity contribution in [2.24, 2.45) is 5.41 Å². The Morgan fingerprint density at radius 1 is 0.775 bits per heavy atom. The van der Waals surface area contributed by atoms with E-state index in [9.17, 15) is 45.0 Å². The second-order valence-electron chi connectivity index (χ2n) is 10.9. The summed E-state index contributed by atoms with van der Waals surface area (Å²) < 4.78 is 5.78. The number of ether oxygens (including phenoxy) is 1. The van der Waals surface area contributed by atoms with Gasteiger partial charge in [0, 0.05) is 17.0 Å². The number of aliphatic hydroxyl groups is 2. The molecule has 3 aromatic rings. The molecule has 2 unspecified atom stereocenters.